The van der Waals surface area contributed by atoms with Gasteiger partial charge in [-0.05, 0) is 32.4 Å². The number of rotatable bonds is 3. The second-order valence-electron chi connectivity index (χ2n) is 5.39. The van der Waals surface area contributed by atoms with Crippen LogP contribution in [0, 0.1) is 19.7 Å². The van der Waals surface area contributed by atoms with Gasteiger partial charge in [0.15, 0.2) is 5.82 Å². The monoisotopic (exact) mass is 325 g/mol. The van der Waals surface area contributed by atoms with Gasteiger partial charge in [0.25, 0.3) is 0 Å². The Morgan fingerprint density at radius 3 is 2.82 bits per heavy atom. The van der Waals surface area contributed by atoms with Crippen LogP contribution in [-0.4, -0.2) is 36.0 Å². The van der Waals surface area contributed by atoms with Gasteiger partial charge in [-0.1, -0.05) is 11.2 Å². The quantitative estimate of drug-likeness (QED) is 0.863. The summed E-state index contributed by atoms with van der Waals surface area (Å²) in [6.07, 6.45) is 0.606. The Bertz CT molecular complexity index is 803. The summed E-state index contributed by atoms with van der Waals surface area (Å²) in [5.41, 5.74) is 0.139. The van der Waals surface area contributed by atoms with Gasteiger partial charge in [-0.25, -0.2) is 12.8 Å². The van der Waals surface area contributed by atoms with E-state index in [-0.39, 0.29) is 22.9 Å². The molecule has 1 aliphatic rings. The molecule has 0 saturated carbocycles. The number of hydrogen-bond donors (Lipinski definition) is 0. The van der Waals surface area contributed by atoms with Gasteiger partial charge >= 0.3 is 0 Å². The Hall–Kier alpha value is -1.80. The van der Waals surface area contributed by atoms with E-state index in [4.69, 9.17) is 4.52 Å². The first-order valence-corrected chi connectivity index (χ1v) is 8.39. The smallest absolute Gasteiger partial charge is 0.243 e. The lowest BCUT2D eigenvalue weighted by Crippen LogP contribution is -2.29. The summed E-state index contributed by atoms with van der Waals surface area (Å²) in [5.74, 6) is 0.331. The molecule has 1 fully saturated rings. The molecule has 2 heterocycles. The summed E-state index contributed by atoms with van der Waals surface area (Å²) in [7, 11) is -3.72. The molecule has 6 nitrogen and oxygen atoms in total. The zero-order valence-electron chi connectivity index (χ0n) is 12.3. The number of sulfonamides is 1. The third kappa shape index (κ3) is 2.52. The summed E-state index contributed by atoms with van der Waals surface area (Å²) in [6.45, 7) is 3.80. The molecule has 0 radical (unpaired) electrons. The molecule has 8 heteroatoms. The highest BCUT2D eigenvalue weighted by Crippen LogP contribution is 2.31. The standard InChI is InChI=1S/C14H16FN3O3S/c1-9-12(15)4-3-5-13(9)22(19,20)18-7-6-11(8-18)14-16-10(2)17-21-14/h3-5,11H,6-8H2,1-2H3/t11-/m1/s1. The largest absolute Gasteiger partial charge is 0.339 e. The van der Waals surface area contributed by atoms with Gasteiger partial charge in [-0.3, -0.25) is 0 Å². The van der Waals surface area contributed by atoms with E-state index >= 15 is 0 Å². The van der Waals surface area contributed by atoms with Crippen molar-refractivity contribution in [2.75, 3.05) is 13.1 Å². The third-order valence-electron chi connectivity index (χ3n) is 3.88. The average Bonchev–Trinajstić information content (AvgIpc) is 3.10. The molecule has 1 aliphatic heterocycles. The van der Waals surface area contributed by atoms with Crippen LogP contribution in [0.2, 0.25) is 0 Å². The normalized spacial score (nSPS) is 19.7. The third-order valence-corrected chi connectivity index (χ3v) is 5.89. The van der Waals surface area contributed by atoms with Gasteiger partial charge in [-0.2, -0.15) is 9.29 Å². The maximum absolute atomic E-state index is 13.6. The van der Waals surface area contributed by atoms with Gasteiger partial charge < -0.3 is 4.52 Å². The fourth-order valence-electron chi connectivity index (χ4n) is 2.63. The highest BCUT2D eigenvalue weighted by atomic mass is 32.2. The van der Waals surface area contributed by atoms with Crippen LogP contribution >= 0.6 is 0 Å². The van der Waals surface area contributed by atoms with Crippen molar-refractivity contribution in [3.8, 4) is 0 Å². The van der Waals surface area contributed by atoms with Gasteiger partial charge in [-0.15, -0.1) is 0 Å². The molecule has 3 rings (SSSR count). The second-order valence-corrected chi connectivity index (χ2v) is 7.30. The van der Waals surface area contributed by atoms with Gasteiger partial charge in [0.05, 0.1) is 10.8 Å². The van der Waals surface area contributed by atoms with Crippen LogP contribution in [0.3, 0.4) is 0 Å². The number of hydrogen-bond acceptors (Lipinski definition) is 5. The van der Waals surface area contributed by atoms with E-state index in [9.17, 15) is 12.8 Å². The summed E-state index contributed by atoms with van der Waals surface area (Å²) in [5, 5.41) is 3.73. The molecule has 1 aromatic carbocycles. The van der Waals surface area contributed by atoms with E-state index in [0.29, 0.717) is 24.7 Å². The minimum absolute atomic E-state index is 0.00913. The molecule has 0 N–H and O–H groups in total. The van der Waals surface area contributed by atoms with Crippen molar-refractivity contribution in [1.82, 2.24) is 14.4 Å². The Morgan fingerprint density at radius 2 is 2.14 bits per heavy atom. The summed E-state index contributed by atoms with van der Waals surface area (Å²) in [6, 6.07) is 4.09. The molecule has 118 valence electrons. The molecule has 2 aromatic rings. The van der Waals surface area contributed by atoms with Crippen molar-refractivity contribution in [2.45, 2.75) is 31.1 Å². The molecule has 1 saturated heterocycles. The second kappa shape index (κ2) is 5.44. The van der Waals surface area contributed by atoms with E-state index in [1.807, 2.05) is 0 Å². The van der Waals surface area contributed by atoms with Crippen LogP contribution in [0.1, 0.15) is 29.6 Å². The topological polar surface area (TPSA) is 76.3 Å². The number of benzene rings is 1. The zero-order valence-corrected chi connectivity index (χ0v) is 13.1. The van der Waals surface area contributed by atoms with Gasteiger partial charge in [0.2, 0.25) is 15.9 Å². The van der Waals surface area contributed by atoms with Crippen LogP contribution in [0.4, 0.5) is 4.39 Å². The molecule has 1 aromatic heterocycles. The minimum atomic E-state index is -3.72. The van der Waals surface area contributed by atoms with Crippen molar-refractivity contribution in [2.24, 2.45) is 0 Å². The summed E-state index contributed by atoms with van der Waals surface area (Å²) < 4.78 is 45.5. The first-order valence-electron chi connectivity index (χ1n) is 6.95. The molecule has 0 bridgehead atoms. The number of aromatic nitrogens is 2. The number of aryl methyl sites for hydroxylation is 1. The summed E-state index contributed by atoms with van der Waals surface area (Å²) >= 11 is 0. The lowest BCUT2D eigenvalue weighted by molar-refractivity contribution is 0.351. The van der Waals surface area contributed by atoms with Crippen molar-refractivity contribution in [3.63, 3.8) is 0 Å². The van der Waals surface area contributed by atoms with Gasteiger partial charge in [0, 0.05) is 18.7 Å². The molecule has 0 amide bonds. The van der Waals surface area contributed by atoms with Crippen molar-refractivity contribution >= 4 is 10.0 Å². The fraction of sp³-hybridized carbons (Fsp3) is 0.429. The van der Waals surface area contributed by atoms with Crippen molar-refractivity contribution < 1.29 is 17.3 Å². The Kier molecular flexibility index (Phi) is 3.73. The minimum Gasteiger partial charge on any atom is -0.339 e. The van der Waals surface area contributed by atoms with Crippen molar-refractivity contribution in [1.29, 1.82) is 0 Å². The predicted octanol–water partition coefficient (Wildman–Crippen LogP) is 2.00. The van der Waals surface area contributed by atoms with E-state index in [1.54, 1.807) is 6.92 Å². The molecule has 22 heavy (non-hydrogen) atoms. The predicted molar refractivity (Wildman–Crippen MR) is 76.3 cm³/mol. The fourth-order valence-corrected chi connectivity index (χ4v) is 4.37. The number of nitrogens with zero attached hydrogens (tertiary/aromatic N) is 3. The van der Waals surface area contributed by atoms with E-state index in [0.717, 1.165) is 0 Å². The van der Waals surface area contributed by atoms with Crippen LogP contribution in [0.15, 0.2) is 27.6 Å². The van der Waals surface area contributed by atoms with Crippen LogP contribution in [-0.2, 0) is 10.0 Å². The molecule has 0 aliphatic carbocycles. The highest BCUT2D eigenvalue weighted by Gasteiger charge is 2.36. The first-order chi connectivity index (χ1) is 10.4. The van der Waals surface area contributed by atoms with E-state index < -0.39 is 15.8 Å². The van der Waals surface area contributed by atoms with Crippen LogP contribution < -0.4 is 0 Å². The molecule has 0 unspecified atom stereocenters. The van der Waals surface area contributed by atoms with Gasteiger partial charge in [0.1, 0.15) is 5.82 Å². The zero-order chi connectivity index (χ0) is 15.9. The van der Waals surface area contributed by atoms with E-state index in [1.165, 1.54) is 29.4 Å². The Morgan fingerprint density at radius 1 is 1.36 bits per heavy atom. The molecule has 0 spiro atoms. The van der Waals surface area contributed by atoms with Crippen molar-refractivity contribution in [3.05, 3.63) is 41.3 Å². The molecular weight excluding hydrogens is 309 g/mol. The molecule has 1 atom stereocenters. The lowest BCUT2D eigenvalue weighted by Gasteiger charge is -2.17. The summed E-state index contributed by atoms with van der Waals surface area (Å²) in [4.78, 5) is 4.16. The Labute approximate surface area is 128 Å². The maximum Gasteiger partial charge on any atom is 0.243 e. The Balaban J connectivity index is 1.87. The van der Waals surface area contributed by atoms with E-state index in [2.05, 4.69) is 10.1 Å². The number of halogens is 1. The van der Waals surface area contributed by atoms with Crippen LogP contribution in [0.5, 0.6) is 0 Å². The highest BCUT2D eigenvalue weighted by molar-refractivity contribution is 7.89. The molecular formula is C14H16FN3O3S. The SMILES string of the molecule is Cc1noc([C@@H]2CCN(S(=O)(=O)c3cccc(F)c3C)C2)n1. The lowest BCUT2D eigenvalue weighted by atomic mass is 10.1. The average molecular weight is 325 g/mol. The maximum atomic E-state index is 13.6. The first kappa shape index (κ1) is 15.1. The van der Waals surface area contributed by atoms with Crippen LogP contribution in [0.25, 0.3) is 0 Å².